The molecule has 0 aliphatic rings. The third kappa shape index (κ3) is 3.39. The van der Waals surface area contributed by atoms with Crippen LogP contribution < -0.4 is 5.32 Å². The molecule has 0 amide bonds. The first-order valence-corrected chi connectivity index (χ1v) is 4.85. The Morgan fingerprint density at radius 2 is 2.31 bits per heavy atom. The molecule has 0 aromatic heterocycles. The molecule has 0 aliphatic heterocycles. The highest BCUT2D eigenvalue weighted by atomic mass is 32.1. The van der Waals surface area contributed by atoms with Crippen molar-refractivity contribution in [3.8, 4) is 6.07 Å². The van der Waals surface area contributed by atoms with Crippen LogP contribution in [0.2, 0.25) is 0 Å². The molecule has 1 rings (SSSR count). The van der Waals surface area contributed by atoms with Gasteiger partial charge >= 0.3 is 0 Å². The minimum Gasteiger partial charge on any atom is -0.385 e. The Bertz CT molecular complexity index is 304. The molecule has 3 heteroatoms. The zero-order valence-electron chi connectivity index (χ0n) is 7.33. The second-order valence-electron chi connectivity index (χ2n) is 2.70. The largest absolute Gasteiger partial charge is 0.385 e. The van der Waals surface area contributed by atoms with E-state index < -0.39 is 0 Å². The van der Waals surface area contributed by atoms with E-state index in [1.807, 2.05) is 18.2 Å². The second kappa shape index (κ2) is 5.50. The van der Waals surface area contributed by atoms with Crippen molar-refractivity contribution in [3.63, 3.8) is 0 Å². The van der Waals surface area contributed by atoms with Crippen LogP contribution in [0.25, 0.3) is 0 Å². The van der Waals surface area contributed by atoms with Crippen LogP contribution in [-0.4, -0.2) is 12.3 Å². The van der Waals surface area contributed by atoms with Crippen molar-refractivity contribution in [1.82, 2.24) is 0 Å². The minimum absolute atomic E-state index is 0.691. The van der Waals surface area contributed by atoms with E-state index in [1.165, 1.54) is 0 Å². The number of thiol groups is 1. The van der Waals surface area contributed by atoms with Crippen LogP contribution in [0.3, 0.4) is 0 Å². The lowest BCUT2D eigenvalue weighted by Gasteiger charge is -2.04. The normalized spacial score (nSPS) is 9.23. The van der Waals surface area contributed by atoms with Crippen molar-refractivity contribution in [3.05, 3.63) is 29.8 Å². The van der Waals surface area contributed by atoms with Gasteiger partial charge in [-0.1, -0.05) is 6.07 Å². The molecule has 0 saturated carbocycles. The maximum absolute atomic E-state index is 8.64. The maximum Gasteiger partial charge on any atom is 0.0992 e. The van der Waals surface area contributed by atoms with Crippen LogP contribution in [0.4, 0.5) is 5.69 Å². The molecule has 0 fully saturated rings. The van der Waals surface area contributed by atoms with Crippen molar-refractivity contribution >= 4 is 18.3 Å². The first kappa shape index (κ1) is 9.94. The van der Waals surface area contributed by atoms with Crippen molar-refractivity contribution in [2.45, 2.75) is 6.42 Å². The van der Waals surface area contributed by atoms with E-state index >= 15 is 0 Å². The van der Waals surface area contributed by atoms with Crippen molar-refractivity contribution in [2.24, 2.45) is 0 Å². The average Bonchev–Trinajstić information content (AvgIpc) is 2.19. The minimum atomic E-state index is 0.691. The smallest absolute Gasteiger partial charge is 0.0992 e. The summed E-state index contributed by atoms with van der Waals surface area (Å²) in [6.07, 6.45) is 1.03. The number of nitrogens with one attached hydrogen (secondary N) is 1. The molecule has 1 N–H and O–H groups in total. The third-order valence-electron chi connectivity index (χ3n) is 1.66. The van der Waals surface area contributed by atoms with Gasteiger partial charge in [-0.3, -0.25) is 0 Å². The number of benzene rings is 1. The lowest BCUT2D eigenvalue weighted by molar-refractivity contribution is 0.995. The fourth-order valence-corrected chi connectivity index (χ4v) is 1.17. The fourth-order valence-electron chi connectivity index (χ4n) is 1.01. The summed E-state index contributed by atoms with van der Waals surface area (Å²) in [5.74, 6) is 0.880. The highest BCUT2D eigenvalue weighted by molar-refractivity contribution is 7.80. The molecule has 0 atom stereocenters. The van der Waals surface area contributed by atoms with E-state index in [4.69, 9.17) is 5.26 Å². The summed E-state index contributed by atoms with van der Waals surface area (Å²) in [6, 6.07) is 9.58. The van der Waals surface area contributed by atoms with Gasteiger partial charge in [0.1, 0.15) is 0 Å². The number of hydrogen-bond donors (Lipinski definition) is 2. The first-order chi connectivity index (χ1) is 6.36. The Morgan fingerprint density at radius 3 is 3.00 bits per heavy atom. The number of anilines is 1. The van der Waals surface area contributed by atoms with Crippen LogP contribution in [0, 0.1) is 11.3 Å². The van der Waals surface area contributed by atoms with Crippen molar-refractivity contribution in [1.29, 1.82) is 5.26 Å². The Hall–Kier alpha value is -1.14. The summed E-state index contributed by atoms with van der Waals surface area (Å²) in [5, 5.41) is 11.9. The third-order valence-corrected chi connectivity index (χ3v) is 1.97. The molecule has 0 saturated heterocycles. The predicted molar refractivity (Wildman–Crippen MR) is 58.1 cm³/mol. The van der Waals surface area contributed by atoms with Gasteiger partial charge in [-0.2, -0.15) is 17.9 Å². The summed E-state index contributed by atoms with van der Waals surface area (Å²) in [5.41, 5.74) is 1.69. The van der Waals surface area contributed by atoms with E-state index in [-0.39, 0.29) is 0 Å². The highest BCUT2D eigenvalue weighted by Crippen LogP contribution is 2.09. The van der Waals surface area contributed by atoms with Crippen LogP contribution >= 0.6 is 12.6 Å². The molecule has 1 aromatic carbocycles. The number of nitriles is 1. The lowest BCUT2D eigenvalue weighted by Crippen LogP contribution is -2.01. The lowest BCUT2D eigenvalue weighted by atomic mass is 10.2. The SMILES string of the molecule is N#Cc1cccc(NCCCS)c1. The van der Waals surface area contributed by atoms with E-state index in [1.54, 1.807) is 6.07 Å². The molecule has 68 valence electrons. The standard InChI is InChI=1S/C10H12N2S/c11-8-9-3-1-4-10(7-9)12-5-2-6-13/h1,3-4,7,12-13H,2,5-6H2. The van der Waals surface area contributed by atoms with Gasteiger partial charge in [-0.15, -0.1) is 0 Å². The molecule has 0 unspecified atom stereocenters. The molecule has 0 spiro atoms. The van der Waals surface area contributed by atoms with Gasteiger partial charge in [0, 0.05) is 12.2 Å². The van der Waals surface area contributed by atoms with Crippen LogP contribution in [0.15, 0.2) is 24.3 Å². The molecule has 0 aliphatic carbocycles. The van der Waals surface area contributed by atoms with Gasteiger partial charge in [0.25, 0.3) is 0 Å². The van der Waals surface area contributed by atoms with Gasteiger partial charge in [-0.05, 0) is 30.4 Å². The molecule has 0 heterocycles. The van der Waals surface area contributed by atoms with E-state index in [9.17, 15) is 0 Å². The van der Waals surface area contributed by atoms with E-state index in [0.29, 0.717) is 5.56 Å². The summed E-state index contributed by atoms with van der Waals surface area (Å²) in [7, 11) is 0. The summed E-state index contributed by atoms with van der Waals surface area (Å²) in [6.45, 7) is 0.901. The van der Waals surface area contributed by atoms with E-state index in [2.05, 4.69) is 24.0 Å². The quantitative estimate of drug-likeness (QED) is 0.567. The highest BCUT2D eigenvalue weighted by Gasteiger charge is 1.92. The Balaban J connectivity index is 2.52. The number of rotatable bonds is 4. The zero-order valence-corrected chi connectivity index (χ0v) is 8.22. The summed E-state index contributed by atoms with van der Waals surface area (Å²) < 4.78 is 0. The van der Waals surface area contributed by atoms with Gasteiger partial charge in [0.15, 0.2) is 0 Å². The number of nitrogens with zero attached hydrogens (tertiary/aromatic N) is 1. The fraction of sp³-hybridized carbons (Fsp3) is 0.300. The van der Waals surface area contributed by atoms with Crippen molar-refractivity contribution in [2.75, 3.05) is 17.6 Å². The van der Waals surface area contributed by atoms with Gasteiger partial charge in [-0.25, -0.2) is 0 Å². The average molecular weight is 192 g/mol. The molecule has 0 radical (unpaired) electrons. The van der Waals surface area contributed by atoms with Gasteiger partial charge < -0.3 is 5.32 Å². The summed E-state index contributed by atoms with van der Waals surface area (Å²) >= 11 is 4.11. The Morgan fingerprint density at radius 1 is 1.46 bits per heavy atom. The molecular weight excluding hydrogens is 180 g/mol. The number of hydrogen-bond acceptors (Lipinski definition) is 3. The second-order valence-corrected chi connectivity index (χ2v) is 3.14. The molecule has 1 aromatic rings. The molecule has 2 nitrogen and oxygen atoms in total. The molecular formula is C10H12N2S. The Kier molecular flexibility index (Phi) is 4.20. The zero-order chi connectivity index (χ0) is 9.52. The molecule has 0 bridgehead atoms. The van der Waals surface area contributed by atoms with Crippen LogP contribution in [0.5, 0.6) is 0 Å². The summed E-state index contributed by atoms with van der Waals surface area (Å²) in [4.78, 5) is 0. The van der Waals surface area contributed by atoms with E-state index in [0.717, 1.165) is 24.4 Å². The first-order valence-electron chi connectivity index (χ1n) is 4.21. The molecule has 13 heavy (non-hydrogen) atoms. The van der Waals surface area contributed by atoms with Gasteiger partial charge in [0.2, 0.25) is 0 Å². The van der Waals surface area contributed by atoms with Gasteiger partial charge in [0.05, 0.1) is 11.6 Å². The monoisotopic (exact) mass is 192 g/mol. The van der Waals surface area contributed by atoms with Crippen LogP contribution in [-0.2, 0) is 0 Å². The van der Waals surface area contributed by atoms with Crippen molar-refractivity contribution < 1.29 is 0 Å². The predicted octanol–water partition coefficient (Wildman–Crippen LogP) is 2.29. The Labute approximate surface area is 84.0 Å². The topological polar surface area (TPSA) is 35.8 Å². The van der Waals surface area contributed by atoms with Crippen LogP contribution in [0.1, 0.15) is 12.0 Å². The maximum atomic E-state index is 8.64.